The van der Waals surface area contributed by atoms with E-state index in [1.165, 1.54) is 17.2 Å². The van der Waals surface area contributed by atoms with Crippen molar-refractivity contribution in [2.24, 2.45) is 5.92 Å². The van der Waals surface area contributed by atoms with E-state index in [1.807, 2.05) is 0 Å². The third-order valence-corrected chi connectivity index (χ3v) is 5.09. The first kappa shape index (κ1) is 17.3. The quantitative estimate of drug-likeness (QED) is 0.809. The molecule has 2 fully saturated rings. The van der Waals surface area contributed by atoms with Crippen LogP contribution in [0.25, 0.3) is 6.08 Å². The third kappa shape index (κ3) is 3.76. The number of furan rings is 1. The first-order valence-electron chi connectivity index (χ1n) is 7.75. The zero-order valence-electron chi connectivity index (χ0n) is 13.2. The standard InChI is InChI=1S/C16H16N2O6S/c19-13(17-5-3-10(4-6-17)15(21)22)9-18-14(20)12(25-16(18)23)8-11-2-1-7-24-11/h1-2,7-8,10H,3-6,9H2,(H,21,22)/b12-8+. The van der Waals surface area contributed by atoms with Gasteiger partial charge in [0.05, 0.1) is 17.1 Å². The molecule has 3 heterocycles. The largest absolute Gasteiger partial charge is 0.481 e. The summed E-state index contributed by atoms with van der Waals surface area (Å²) in [5.74, 6) is -1.74. The molecule has 0 radical (unpaired) electrons. The summed E-state index contributed by atoms with van der Waals surface area (Å²) in [4.78, 5) is 50.2. The molecular weight excluding hydrogens is 348 g/mol. The van der Waals surface area contributed by atoms with E-state index in [0.29, 0.717) is 31.7 Å². The average molecular weight is 364 g/mol. The van der Waals surface area contributed by atoms with Crippen LogP contribution >= 0.6 is 11.8 Å². The summed E-state index contributed by atoms with van der Waals surface area (Å²) < 4.78 is 5.12. The van der Waals surface area contributed by atoms with Crippen LogP contribution in [0.3, 0.4) is 0 Å². The van der Waals surface area contributed by atoms with Crippen LogP contribution in [0.5, 0.6) is 0 Å². The van der Waals surface area contributed by atoms with Crippen LogP contribution in [-0.2, 0) is 14.4 Å². The summed E-state index contributed by atoms with van der Waals surface area (Å²) in [7, 11) is 0. The summed E-state index contributed by atoms with van der Waals surface area (Å²) in [6, 6.07) is 3.33. The highest BCUT2D eigenvalue weighted by molar-refractivity contribution is 8.18. The number of carboxylic acids is 1. The van der Waals surface area contributed by atoms with Crippen LogP contribution in [-0.4, -0.2) is 57.6 Å². The zero-order valence-corrected chi connectivity index (χ0v) is 14.0. The van der Waals surface area contributed by atoms with E-state index in [4.69, 9.17) is 9.52 Å². The Balaban J connectivity index is 1.61. The molecule has 3 rings (SSSR count). The van der Waals surface area contributed by atoms with Crippen molar-refractivity contribution in [1.29, 1.82) is 0 Å². The van der Waals surface area contributed by atoms with Gasteiger partial charge in [0.2, 0.25) is 5.91 Å². The normalized spacial score (nSPS) is 20.6. The van der Waals surface area contributed by atoms with E-state index in [0.717, 1.165) is 16.7 Å². The molecule has 2 aliphatic rings. The second-order valence-corrected chi connectivity index (χ2v) is 6.77. The Morgan fingerprint density at radius 2 is 2.04 bits per heavy atom. The highest BCUT2D eigenvalue weighted by Gasteiger charge is 2.38. The molecule has 132 valence electrons. The molecule has 0 spiro atoms. The van der Waals surface area contributed by atoms with Crippen LogP contribution in [0.1, 0.15) is 18.6 Å². The van der Waals surface area contributed by atoms with Gasteiger partial charge in [0.15, 0.2) is 0 Å². The van der Waals surface area contributed by atoms with Gasteiger partial charge >= 0.3 is 5.97 Å². The van der Waals surface area contributed by atoms with E-state index in [1.54, 1.807) is 12.1 Å². The number of nitrogens with zero attached hydrogens (tertiary/aromatic N) is 2. The maximum absolute atomic E-state index is 12.3. The minimum atomic E-state index is -0.860. The van der Waals surface area contributed by atoms with Gasteiger partial charge in [-0.1, -0.05) is 0 Å². The molecule has 0 atom stereocenters. The molecule has 0 aliphatic carbocycles. The number of carbonyl (C=O) groups is 4. The Hall–Kier alpha value is -2.55. The molecule has 1 aromatic heterocycles. The van der Waals surface area contributed by atoms with Gasteiger partial charge in [-0.2, -0.15) is 0 Å². The fraction of sp³-hybridized carbons (Fsp3) is 0.375. The molecule has 0 aromatic carbocycles. The Morgan fingerprint density at radius 3 is 2.64 bits per heavy atom. The number of carboxylic acid groups (broad SMARTS) is 1. The van der Waals surface area contributed by atoms with Crippen molar-refractivity contribution in [3.63, 3.8) is 0 Å². The molecule has 25 heavy (non-hydrogen) atoms. The SMILES string of the molecule is O=C(O)C1CCN(C(=O)CN2C(=O)S/C(=C/c3ccco3)C2=O)CC1. The Kier molecular flexibility index (Phi) is 4.93. The summed E-state index contributed by atoms with van der Waals surface area (Å²) >= 11 is 0.763. The first-order chi connectivity index (χ1) is 12.0. The van der Waals surface area contributed by atoms with Crippen LogP contribution in [0.4, 0.5) is 4.79 Å². The number of likely N-dealkylation sites (tertiary alicyclic amines) is 1. The first-order valence-corrected chi connectivity index (χ1v) is 8.57. The Labute approximate surface area is 147 Å². The van der Waals surface area contributed by atoms with Gasteiger partial charge < -0.3 is 14.4 Å². The van der Waals surface area contributed by atoms with Crippen LogP contribution in [0.2, 0.25) is 0 Å². The van der Waals surface area contributed by atoms with Crippen molar-refractivity contribution in [2.45, 2.75) is 12.8 Å². The number of hydrogen-bond acceptors (Lipinski definition) is 6. The van der Waals surface area contributed by atoms with Gasteiger partial charge in [-0.3, -0.25) is 24.1 Å². The molecule has 0 unspecified atom stereocenters. The molecular formula is C16H16N2O6S. The van der Waals surface area contributed by atoms with Crippen molar-refractivity contribution in [3.05, 3.63) is 29.1 Å². The number of carbonyl (C=O) groups excluding carboxylic acids is 3. The predicted molar refractivity (Wildman–Crippen MR) is 88.3 cm³/mol. The minimum absolute atomic E-state index is 0.206. The lowest BCUT2D eigenvalue weighted by Gasteiger charge is -2.30. The van der Waals surface area contributed by atoms with E-state index < -0.39 is 23.0 Å². The van der Waals surface area contributed by atoms with Crippen molar-refractivity contribution in [2.75, 3.05) is 19.6 Å². The predicted octanol–water partition coefficient (Wildman–Crippen LogP) is 1.64. The maximum atomic E-state index is 12.3. The maximum Gasteiger partial charge on any atom is 0.306 e. The fourth-order valence-electron chi connectivity index (χ4n) is 2.75. The van der Waals surface area contributed by atoms with Crippen molar-refractivity contribution in [1.82, 2.24) is 9.80 Å². The minimum Gasteiger partial charge on any atom is -0.481 e. The molecule has 0 saturated carbocycles. The Bertz CT molecular complexity index is 734. The Morgan fingerprint density at radius 1 is 1.32 bits per heavy atom. The van der Waals surface area contributed by atoms with Crippen LogP contribution < -0.4 is 0 Å². The number of hydrogen-bond donors (Lipinski definition) is 1. The zero-order chi connectivity index (χ0) is 18.0. The monoisotopic (exact) mass is 364 g/mol. The molecule has 1 N–H and O–H groups in total. The van der Waals surface area contributed by atoms with E-state index >= 15 is 0 Å². The number of rotatable bonds is 4. The number of amides is 3. The van der Waals surface area contributed by atoms with E-state index in [2.05, 4.69) is 0 Å². The number of thioether (sulfide) groups is 1. The van der Waals surface area contributed by atoms with Gasteiger partial charge in [-0.25, -0.2) is 0 Å². The molecule has 9 heteroatoms. The lowest BCUT2D eigenvalue weighted by atomic mass is 9.97. The average Bonchev–Trinajstić information content (AvgIpc) is 3.19. The second-order valence-electron chi connectivity index (χ2n) is 5.78. The van der Waals surface area contributed by atoms with Crippen LogP contribution in [0.15, 0.2) is 27.7 Å². The molecule has 8 nitrogen and oxygen atoms in total. The number of aliphatic carboxylic acids is 1. The van der Waals surface area contributed by atoms with Crippen molar-refractivity contribution < 1.29 is 28.7 Å². The highest BCUT2D eigenvalue weighted by Crippen LogP contribution is 2.32. The van der Waals surface area contributed by atoms with Crippen molar-refractivity contribution >= 4 is 40.9 Å². The van der Waals surface area contributed by atoms with Crippen molar-refractivity contribution in [3.8, 4) is 0 Å². The van der Waals surface area contributed by atoms with Gasteiger partial charge in [0.1, 0.15) is 12.3 Å². The lowest BCUT2D eigenvalue weighted by molar-refractivity contribution is -0.146. The van der Waals surface area contributed by atoms with Gasteiger partial charge in [-0.15, -0.1) is 0 Å². The van der Waals surface area contributed by atoms with Crippen LogP contribution in [0, 0.1) is 5.92 Å². The number of imide groups is 1. The van der Waals surface area contributed by atoms with E-state index in [9.17, 15) is 19.2 Å². The highest BCUT2D eigenvalue weighted by atomic mass is 32.2. The smallest absolute Gasteiger partial charge is 0.306 e. The third-order valence-electron chi connectivity index (χ3n) is 4.18. The van der Waals surface area contributed by atoms with Gasteiger partial charge in [0.25, 0.3) is 11.1 Å². The summed E-state index contributed by atoms with van der Waals surface area (Å²) in [5.41, 5.74) is 0. The summed E-state index contributed by atoms with van der Waals surface area (Å²) in [6.45, 7) is 0.292. The van der Waals surface area contributed by atoms with Gasteiger partial charge in [0, 0.05) is 19.2 Å². The lowest BCUT2D eigenvalue weighted by Crippen LogP contribution is -2.46. The summed E-state index contributed by atoms with van der Waals surface area (Å²) in [6.07, 6.45) is 3.68. The molecule has 1 aromatic rings. The summed E-state index contributed by atoms with van der Waals surface area (Å²) in [5, 5.41) is 8.48. The molecule has 0 bridgehead atoms. The number of piperidine rings is 1. The molecule has 3 amide bonds. The van der Waals surface area contributed by atoms with E-state index in [-0.39, 0.29) is 17.4 Å². The topological polar surface area (TPSA) is 108 Å². The molecule has 2 aliphatic heterocycles. The van der Waals surface area contributed by atoms with Gasteiger partial charge in [-0.05, 0) is 36.7 Å². The molecule has 2 saturated heterocycles. The second kappa shape index (κ2) is 7.14. The fourth-order valence-corrected chi connectivity index (χ4v) is 3.57.